The maximum atomic E-state index is 13.0. The lowest BCUT2D eigenvalue weighted by molar-refractivity contribution is -0.112. The van der Waals surface area contributed by atoms with E-state index in [4.69, 9.17) is 11.6 Å². The van der Waals surface area contributed by atoms with E-state index in [1.807, 2.05) is 17.0 Å². The Balaban J connectivity index is 1.47. The molecule has 5 heteroatoms. The second-order valence-corrected chi connectivity index (χ2v) is 10.0. The minimum Gasteiger partial charge on any atom is -0.339 e. The molecule has 0 aromatic heterocycles. The Labute approximate surface area is 190 Å². The highest BCUT2D eigenvalue weighted by Gasteiger charge is 2.54. The zero-order valence-electron chi connectivity index (χ0n) is 18.6. The number of benzene rings is 2. The van der Waals surface area contributed by atoms with E-state index in [0.717, 1.165) is 44.0 Å². The van der Waals surface area contributed by atoms with Crippen LogP contribution in [-0.2, 0) is 0 Å². The SMILES string of the molecule is CC(=O)c1ccc(C(=O)N2CCC3(CC2)CN(CC(C)C)C3c2ccc(Cl)cc2)cc1. The van der Waals surface area contributed by atoms with Crippen LogP contribution in [0.4, 0.5) is 0 Å². The molecule has 1 amide bonds. The van der Waals surface area contributed by atoms with Gasteiger partial charge in [-0.2, -0.15) is 0 Å². The minimum absolute atomic E-state index is 0.0167. The van der Waals surface area contributed by atoms with Crippen LogP contribution >= 0.6 is 11.6 Å². The van der Waals surface area contributed by atoms with Crippen molar-refractivity contribution in [2.24, 2.45) is 11.3 Å². The summed E-state index contributed by atoms with van der Waals surface area (Å²) in [5.41, 5.74) is 2.85. The first-order valence-corrected chi connectivity index (χ1v) is 11.6. The Morgan fingerprint density at radius 2 is 1.58 bits per heavy atom. The van der Waals surface area contributed by atoms with E-state index in [9.17, 15) is 9.59 Å². The lowest BCUT2D eigenvalue weighted by Gasteiger charge is -2.61. The van der Waals surface area contributed by atoms with Crippen molar-refractivity contribution in [3.05, 3.63) is 70.2 Å². The van der Waals surface area contributed by atoms with Crippen molar-refractivity contribution in [3.8, 4) is 0 Å². The first-order valence-electron chi connectivity index (χ1n) is 11.2. The molecule has 2 aliphatic rings. The smallest absolute Gasteiger partial charge is 0.253 e. The second kappa shape index (κ2) is 8.76. The van der Waals surface area contributed by atoms with Crippen LogP contribution in [0.5, 0.6) is 0 Å². The lowest BCUT2D eigenvalue weighted by atomic mass is 9.63. The summed E-state index contributed by atoms with van der Waals surface area (Å²) in [7, 11) is 0. The van der Waals surface area contributed by atoms with Gasteiger partial charge in [0.05, 0.1) is 0 Å². The predicted molar refractivity (Wildman–Crippen MR) is 125 cm³/mol. The van der Waals surface area contributed by atoms with Crippen LogP contribution < -0.4 is 0 Å². The number of hydrogen-bond acceptors (Lipinski definition) is 3. The zero-order valence-corrected chi connectivity index (χ0v) is 19.4. The summed E-state index contributed by atoms with van der Waals surface area (Å²) in [4.78, 5) is 29.1. The van der Waals surface area contributed by atoms with Gasteiger partial charge in [-0.25, -0.2) is 0 Å². The molecule has 0 radical (unpaired) electrons. The van der Waals surface area contributed by atoms with Gasteiger partial charge in [0.25, 0.3) is 5.91 Å². The summed E-state index contributed by atoms with van der Waals surface area (Å²) in [6.45, 7) is 9.79. The van der Waals surface area contributed by atoms with Crippen molar-refractivity contribution in [1.82, 2.24) is 9.80 Å². The number of carbonyl (C=O) groups excluding carboxylic acids is 2. The van der Waals surface area contributed by atoms with Gasteiger partial charge in [-0.15, -0.1) is 0 Å². The number of likely N-dealkylation sites (tertiary alicyclic amines) is 2. The van der Waals surface area contributed by atoms with Crippen molar-refractivity contribution in [3.63, 3.8) is 0 Å². The van der Waals surface area contributed by atoms with Gasteiger partial charge in [0.15, 0.2) is 5.78 Å². The maximum absolute atomic E-state index is 13.0. The van der Waals surface area contributed by atoms with E-state index in [2.05, 4.69) is 30.9 Å². The van der Waals surface area contributed by atoms with Gasteiger partial charge in [-0.05, 0) is 55.5 Å². The van der Waals surface area contributed by atoms with Crippen LogP contribution in [0.1, 0.15) is 65.9 Å². The van der Waals surface area contributed by atoms with E-state index in [1.54, 1.807) is 31.2 Å². The number of hydrogen-bond donors (Lipinski definition) is 0. The largest absolute Gasteiger partial charge is 0.339 e. The molecular weight excluding hydrogens is 408 g/mol. The second-order valence-electron chi connectivity index (χ2n) is 9.57. The molecule has 0 bridgehead atoms. The highest BCUT2D eigenvalue weighted by atomic mass is 35.5. The van der Waals surface area contributed by atoms with Crippen molar-refractivity contribution in [1.29, 1.82) is 0 Å². The molecular formula is C26H31ClN2O2. The number of amides is 1. The average Bonchev–Trinajstić information content (AvgIpc) is 2.74. The first-order chi connectivity index (χ1) is 14.8. The van der Waals surface area contributed by atoms with Crippen LogP contribution in [0.25, 0.3) is 0 Å². The Morgan fingerprint density at radius 3 is 2.13 bits per heavy atom. The van der Waals surface area contributed by atoms with Gasteiger partial charge in [-0.1, -0.05) is 49.7 Å². The molecule has 31 heavy (non-hydrogen) atoms. The molecule has 2 fully saturated rings. The Bertz CT molecular complexity index is 944. The summed E-state index contributed by atoms with van der Waals surface area (Å²) >= 11 is 6.14. The minimum atomic E-state index is 0.0167. The highest BCUT2D eigenvalue weighted by molar-refractivity contribution is 6.30. The van der Waals surface area contributed by atoms with Crippen LogP contribution in [0.2, 0.25) is 5.02 Å². The number of ketones is 1. The molecule has 2 aromatic rings. The standard InChI is InChI=1S/C26H31ClN2O2/c1-18(2)16-29-17-26(24(29)21-8-10-23(27)11-9-21)12-14-28(15-13-26)25(31)22-6-4-20(5-7-22)19(3)30/h4-11,18,24H,12-17H2,1-3H3. The molecule has 0 aliphatic carbocycles. The molecule has 2 heterocycles. The summed E-state index contributed by atoms with van der Waals surface area (Å²) in [6, 6.07) is 15.7. The fraction of sp³-hybridized carbons (Fsp3) is 0.462. The van der Waals surface area contributed by atoms with Gasteiger partial charge in [0.2, 0.25) is 0 Å². The Kier molecular flexibility index (Phi) is 6.23. The Morgan fingerprint density at radius 1 is 1.00 bits per heavy atom. The van der Waals surface area contributed by atoms with Gasteiger partial charge in [0, 0.05) is 53.8 Å². The van der Waals surface area contributed by atoms with E-state index in [-0.39, 0.29) is 17.1 Å². The van der Waals surface area contributed by atoms with Crippen LogP contribution in [-0.4, -0.2) is 47.7 Å². The maximum Gasteiger partial charge on any atom is 0.253 e. The topological polar surface area (TPSA) is 40.6 Å². The number of rotatable bonds is 5. The number of piperidine rings is 1. The zero-order chi connectivity index (χ0) is 22.2. The summed E-state index contributed by atoms with van der Waals surface area (Å²) in [5.74, 6) is 0.696. The molecule has 1 unspecified atom stereocenters. The molecule has 4 rings (SSSR count). The molecule has 2 aromatic carbocycles. The summed E-state index contributed by atoms with van der Waals surface area (Å²) < 4.78 is 0. The van der Waals surface area contributed by atoms with Gasteiger partial charge in [0.1, 0.15) is 0 Å². The fourth-order valence-electron chi connectivity index (χ4n) is 5.32. The monoisotopic (exact) mass is 438 g/mol. The number of Topliss-reactive ketones (excluding diaryl/α,β-unsaturated/α-hetero) is 1. The fourth-order valence-corrected chi connectivity index (χ4v) is 5.45. The number of carbonyl (C=O) groups is 2. The van der Waals surface area contributed by atoms with Crippen LogP contribution in [0, 0.1) is 11.3 Å². The van der Waals surface area contributed by atoms with Crippen LogP contribution in [0.3, 0.4) is 0 Å². The normalized spacial score (nSPS) is 20.7. The lowest BCUT2D eigenvalue weighted by Crippen LogP contribution is -2.63. The Hall–Kier alpha value is -2.17. The third-order valence-corrected chi connectivity index (χ3v) is 7.09. The predicted octanol–water partition coefficient (Wildman–Crippen LogP) is 5.48. The van der Waals surface area contributed by atoms with Crippen molar-refractivity contribution in [2.75, 3.05) is 26.2 Å². The molecule has 1 atom stereocenters. The van der Waals surface area contributed by atoms with Gasteiger partial charge in [-0.3, -0.25) is 14.5 Å². The quantitative estimate of drug-likeness (QED) is 0.580. The van der Waals surface area contributed by atoms with Crippen LogP contribution in [0.15, 0.2) is 48.5 Å². The average molecular weight is 439 g/mol. The summed E-state index contributed by atoms with van der Waals surface area (Å²) in [5, 5.41) is 0.767. The molecule has 0 saturated carbocycles. The van der Waals surface area contributed by atoms with E-state index in [1.165, 1.54) is 5.56 Å². The third-order valence-electron chi connectivity index (χ3n) is 6.83. The number of nitrogens with zero attached hydrogens (tertiary/aromatic N) is 2. The molecule has 1 spiro atoms. The molecule has 2 aliphatic heterocycles. The molecule has 164 valence electrons. The van der Waals surface area contributed by atoms with E-state index >= 15 is 0 Å². The van der Waals surface area contributed by atoms with E-state index in [0.29, 0.717) is 23.1 Å². The third kappa shape index (κ3) is 4.42. The molecule has 4 nitrogen and oxygen atoms in total. The summed E-state index contributed by atoms with van der Waals surface area (Å²) in [6.07, 6.45) is 2.01. The molecule has 2 saturated heterocycles. The van der Waals surface area contributed by atoms with E-state index < -0.39 is 0 Å². The van der Waals surface area contributed by atoms with Crippen molar-refractivity contribution >= 4 is 23.3 Å². The van der Waals surface area contributed by atoms with Gasteiger partial charge >= 0.3 is 0 Å². The van der Waals surface area contributed by atoms with Crippen molar-refractivity contribution in [2.45, 2.75) is 39.7 Å². The number of halogens is 1. The first kappa shape index (κ1) is 22.0. The molecule has 0 N–H and O–H groups in total. The van der Waals surface area contributed by atoms with Crippen molar-refractivity contribution < 1.29 is 9.59 Å². The highest BCUT2D eigenvalue weighted by Crippen LogP contribution is 2.55. The van der Waals surface area contributed by atoms with Gasteiger partial charge < -0.3 is 4.90 Å².